The Bertz CT molecular complexity index is 931. The summed E-state index contributed by atoms with van der Waals surface area (Å²) in [5, 5.41) is 3.54. The molecule has 164 valence electrons. The van der Waals surface area contributed by atoms with E-state index in [0.717, 1.165) is 54.7 Å². The highest BCUT2D eigenvalue weighted by Gasteiger charge is 2.25. The van der Waals surface area contributed by atoms with Crippen molar-refractivity contribution >= 4 is 30.2 Å². The zero-order valence-corrected chi connectivity index (χ0v) is 19.8. The molecule has 0 saturated carbocycles. The topological polar surface area (TPSA) is 51.2 Å². The van der Waals surface area contributed by atoms with E-state index in [1.54, 1.807) is 11.3 Å². The van der Waals surface area contributed by atoms with E-state index in [2.05, 4.69) is 41.7 Å². The van der Waals surface area contributed by atoms with Gasteiger partial charge in [0.25, 0.3) is 0 Å². The molecule has 1 atom stereocenters. The van der Waals surface area contributed by atoms with E-state index in [1.165, 1.54) is 10.4 Å². The van der Waals surface area contributed by atoms with Crippen LogP contribution in [-0.2, 0) is 17.6 Å². The van der Waals surface area contributed by atoms with Gasteiger partial charge in [-0.1, -0.05) is 52.1 Å². The number of nitrogens with zero attached hydrogens (tertiary/aromatic N) is 1. The maximum atomic E-state index is 12.2. The second kappa shape index (κ2) is 10.3. The van der Waals surface area contributed by atoms with Gasteiger partial charge >= 0.3 is 7.48 Å². The van der Waals surface area contributed by atoms with Crippen LogP contribution >= 0.6 is 11.3 Å². The Morgan fingerprint density at radius 3 is 2.81 bits per heavy atom. The van der Waals surface area contributed by atoms with Crippen LogP contribution in [0.5, 0.6) is 5.75 Å². The van der Waals surface area contributed by atoms with Gasteiger partial charge in [-0.05, 0) is 43.2 Å². The van der Waals surface area contributed by atoms with E-state index in [9.17, 15) is 4.79 Å². The van der Waals surface area contributed by atoms with E-state index in [0.29, 0.717) is 19.7 Å². The molecule has 2 aromatic rings. The molecule has 1 aliphatic heterocycles. The summed E-state index contributed by atoms with van der Waals surface area (Å²) in [6.07, 6.45) is 6.90. The Hall–Kier alpha value is -2.34. The minimum Gasteiger partial charge on any atom is -0.561 e. The predicted molar refractivity (Wildman–Crippen MR) is 132 cm³/mol. The highest BCUT2D eigenvalue weighted by Crippen LogP contribution is 2.34. The lowest BCUT2D eigenvalue weighted by Gasteiger charge is -2.28. The van der Waals surface area contributed by atoms with Crippen molar-refractivity contribution in [2.24, 2.45) is 5.41 Å². The maximum absolute atomic E-state index is 12.2. The van der Waals surface area contributed by atoms with Crippen LogP contribution in [0, 0.1) is 5.41 Å². The smallest absolute Gasteiger partial charge is 0.362 e. The van der Waals surface area contributed by atoms with E-state index < -0.39 is 0 Å². The molecule has 2 heterocycles. The van der Waals surface area contributed by atoms with Crippen LogP contribution in [0.15, 0.2) is 48.8 Å². The molecular formula is C25H33BN2O2S. The first-order valence-electron chi connectivity index (χ1n) is 11.0. The quantitative estimate of drug-likeness (QED) is 0.514. The fraction of sp³-hybridized carbons (Fsp3) is 0.440. The standard InChI is InChI=1S/C25H33BN2O2S/c1-17(8-6-11-22(29)25(3,4)5)21-10-7-9-19-14-23(26-30-24(19)21)28-18(2)12-13-20-15-27-16-31-20/h7,9-10,15-16,23,26,28H,1-2,6,8,11-14H2,3-5H3. The second-order valence-corrected chi connectivity index (χ2v) is 10.3. The van der Waals surface area contributed by atoms with Crippen molar-refractivity contribution in [2.45, 2.75) is 65.2 Å². The molecule has 1 N–H and O–H groups in total. The number of carbonyl (C=O) groups is 1. The number of nitrogens with one attached hydrogen (secondary N) is 1. The molecule has 0 amide bonds. The molecule has 0 saturated heterocycles. The van der Waals surface area contributed by atoms with Gasteiger partial charge in [-0.2, -0.15) is 0 Å². The predicted octanol–water partition coefficient (Wildman–Crippen LogP) is 5.29. The normalized spacial score (nSPS) is 15.4. The number of thiazole rings is 1. The summed E-state index contributed by atoms with van der Waals surface area (Å²) in [7, 11) is 0.610. The molecule has 31 heavy (non-hydrogen) atoms. The molecule has 6 heteroatoms. The van der Waals surface area contributed by atoms with Gasteiger partial charge in [0.1, 0.15) is 11.5 Å². The van der Waals surface area contributed by atoms with Crippen molar-refractivity contribution < 1.29 is 9.45 Å². The maximum Gasteiger partial charge on any atom is 0.362 e. The Balaban J connectivity index is 1.53. The lowest BCUT2D eigenvalue weighted by Crippen LogP contribution is -2.41. The Kier molecular flexibility index (Phi) is 7.76. The minimum absolute atomic E-state index is 0.217. The highest BCUT2D eigenvalue weighted by atomic mass is 32.1. The summed E-state index contributed by atoms with van der Waals surface area (Å²) in [6.45, 7) is 14.4. The Labute approximate surface area is 191 Å². The first kappa shape index (κ1) is 23.3. The molecule has 0 radical (unpaired) electrons. The van der Waals surface area contributed by atoms with E-state index in [1.807, 2.05) is 32.5 Å². The van der Waals surface area contributed by atoms with Crippen molar-refractivity contribution in [2.75, 3.05) is 0 Å². The van der Waals surface area contributed by atoms with Crippen LogP contribution in [-0.4, -0.2) is 24.2 Å². The third-order valence-electron chi connectivity index (χ3n) is 5.66. The number of ketones is 1. The third kappa shape index (κ3) is 6.57. The number of benzene rings is 1. The monoisotopic (exact) mass is 436 g/mol. The van der Waals surface area contributed by atoms with Crippen molar-refractivity contribution in [1.82, 2.24) is 10.3 Å². The number of rotatable bonds is 10. The van der Waals surface area contributed by atoms with Crippen molar-refractivity contribution in [3.63, 3.8) is 0 Å². The van der Waals surface area contributed by atoms with Crippen LogP contribution in [0.2, 0.25) is 0 Å². The first-order chi connectivity index (χ1) is 14.7. The van der Waals surface area contributed by atoms with Gasteiger partial charge in [-0.25, -0.2) is 0 Å². The number of aromatic nitrogens is 1. The summed E-state index contributed by atoms with van der Waals surface area (Å²) < 4.78 is 6.18. The number of Topliss-reactive ketones (excluding diaryl/α,β-unsaturated/α-hetero) is 1. The summed E-state index contributed by atoms with van der Waals surface area (Å²) >= 11 is 1.68. The van der Waals surface area contributed by atoms with Crippen molar-refractivity contribution in [3.8, 4) is 5.75 Å². The SMILES string of the molecule is C=C(CCc1cncs1)NC1BOc2c(cccc2C(=C)CCCC(=O)C(C)(C)C)C1. The molecule has 4 nitrogen and oxygen atoms in total. The number of para-hydroxylation sites is 1. The molecule has 0 bridgehead atoms. The fourth-order valence-electron chi connectivity index (χ4n) is 3.77. The zero-order chi connectivity index (χ0) is 22.4. The molecule has 0 aliphatic carbocycles. The van der Waals surface area contributed by atoms with Gasteiger partial charge in [-0.15, -0.1) is 11.3 Å². The lowest BCUT2D eigenvalue weighted by atomic mass is 9.78. The molecule has 1 unspecified atom stereocenters. The number of hydrogen-bond donors (Lipinski definition) is 1. The number of hydrogen-bond acceptors (Lipinski definition) is 5. The van der Waals surface area contributed by atoms with Gasteiger partial charge in [0.15, 0.2) is 0 Å². The number of allylic oxidation sites excluding steroid dienone is 2. The minimum atomic E-state index is -0.275. The first-order valence-corrected chi connectivity index (χ1v) is 11.9. The largest absolute Gasteiger partial charge is 0.561 e. The van der Waals surface area contributed by atoms with Crippen LogP contribution < -0.4 is 9.97 Å². The average Bonchev–Trinajstić information content (AvgIpc) is 3.24. The van der Waals surface area contributed by atoms with Gasteiger partial charge in [0.05, 0.1) is 5.51 Å². The van der Waals surface area contributed by atoms with Crippen LogP contribution in [0.3, 0.4) is 0 Å². The number of fused-ring (bicyclic) bond motifs is 1. The van der Waals surface area contributed by atoms with Gasteiger partial charge < -0.3 is 9.97 Å². The van der Waals surface area contributed by atoms with Crippen molar-refractivity contribution in [1.29, 1.82) is 0 Å². The Morgan fingerprint density at radius 2 is 2.10 bits per heavy atom. The van der Waals surface area contributed by atoms with E-state index >= 15 is 0 Å². The Morgan fingerprint density at radius 1 is 1.29 bits per heavy atom. The van der Waals surface area contributed by atoms with Gasteiger partial charge in [-0.3, -0.25) is 9.78 Å². The molecule has 1 aromatic heterocycles. The highest BCUT2D eigenvalue weighted by molar-refractivity contribution is 7.09. The summed E-state index contributed by atoms with van der Waals surface area (Å²) in [5.41, 5.74) is 5.94. The van der Waals surface area contributed by atoms with E-state index in [4.69, 9.17) is 4.65 Å². The van der Waals surface area contributed by atoms with E-state index in [-0.39, 0.29) is 11.4 Å². The molecule has 1 aromatic carbocycles. The average molecular weight is 436 g/mol. The number of carbonyl (C=O) groups excluding carboxylic acids is 1. The molecule has 0 spiro atoms. The molecular weight excluding hydrogens is 403 g/mol. The summed E-state index contributed by atoms with van der Waals surface area (Å²) in [6, 6.07) is 6.28. The third-order valence-corrected chi connectivity index (χ3v) is 6.50. The lowest BCUT2D eigenvalue weighted by molar-refractivity contribution is -0.126. The van der Waals surface area contributed by atoms with Crippen molar-refractivity contribution in [3.05, 3.63) is 64.8 Å². The molecule has 3 rings (SSSR count). The van der Waals surface area contributed by atoms with Gasteiger partial charge in [0, 0.05) is 40.1 Å². The molecule has 1 aliphatic rings. The fourth-order valence-corrected chi connectivity index (χ4v) is 4.37. The summed E-state index contributed by atoms with van der Waals surface area (Å²) in [4.78, 5) is 17.6. The number of aryl methyl sites for hydroxylation is 1. The zero-order valence-electron chi connectivity index (χ0n) is 19.0. The second-order valence-electron chi connectivity index (χ2n) is 9.35. The van der Waals surface area contributed by atoms with Crippen LogP contribution in [0.25, 0.3) is 5.57 Å². The van der Waals surface area contributed by atoms with Crippen LogP contribution in [0.4, 0.5) is 0 Å². The molecule has 0 fully saturated rings. The van der Waals surface area contributed by atoms with Crippen LogP contribution in [0.1, 0.15) is 62.5 Å². The van der Waals surface area contributed by atoms with Gasteiger partial charge in [0.2, 0.25) is 0 Å². The summed E-state index contributed by atoms with van der Waals surface area (Å²) in [5.74, 6) is 1.47.